The number of aromatic nitrogens is 2. The van der Waals surface area contributed by atoms with Crippen LogP contribution in [-0.2, 0) is 0 Å². The first-order valence-corrected chi connectivity index (χ1v) is 7.43. The van der Waals surface area contributed by atoms with Crippen molar-refractivity contribution in [3.8, 4) is 17.0 Å². The zero-order chi connectivity index (χ0) is 15.2. The molecule has 0 saturated carbocycles. The maximum absolute atomic E-state index is 5.62. The van der Waals surface area contributed by atoms with Crippen LogP contribution in [0.2, 0.25) is 0 Å². The number of rotatable bonds is 6. The first-order valence-electron chi connectivity index (χ1n) is 7.43. The van der Waals surface area contributed by atoms with Gasteiger partial charge < -0.3 is 10.1 Å². The van der Waals surface area contributed by atoms with Crippen LogP contribution in [0.25, 0.3) is 11.3 Å². The van der Waals surface area contributed by atoms with Crippen molar-refractivity contribution in [3.63, 3.8) is 0 Å². The van der Waals surface area contributed by atoms with Crippen LogP contribution in [0, 0.1) is 0 Å². The molecule has 4 nitrogen and oxygen atoms in total. The van der Waals surface area contributed by atoms with E-state index in [1.807, 2.05) is 19.2 Å². The summed E-state index contributed by atoms with van der Waals surface area (Å²) in [6, 6.07) is 8.10. The Morgan fingerprint density at radius 3 is 2.43 bits per heavy atom. The third kappa shape index (κ3) is 3.51. The average molecular weight is 285 g/mol. The quantitative estimate of drug-likeness (QED) is 0.868. The summed E-state index contributed by atoms with van der Waals surface area (Å²) in [5.74, 6) is 2.13. The number of anilines is 1. The standard InChI is InChI=1S/C17H23N3O/c1-5-10-21-14-8-6-13(7-9-14)16-15(12(2)3)17(18-4)20-11-19-16/h6-9,11-12H,5,10H2,1-4H3,(H,18,19,20). The Hall–Kier alpha value is -2.10. The zero-order valence-corrected chi connectivity index (χ0v) is 13.2. The third-order valence-electron chi connectivity index (χ3n) is 3.30. The molecule has 4 heteroatoms. The van der Waals surface area contributed by atoms with Crippen LogP contribution in [0.4, 0.5) is 5.82 Å². The number of hydrogen-bond acceptors (Lipinski definition) is 4. The lowest BCUT2D eigenvalue weighted by molar-refractivity contribution is 0.317. The topological polar surface area (TPSA) is 47.0 Å². The lowest BCUT2D eigenvalue weighted by Crippen LogP contribution is -2.04. The minimum atomic E-state index is 0.347. The van der Waals surface area contributed by atoms with Crippen molar-refractivity contribution in [2.75, 3.05) is 19.0 Å². The number of nitrogens with zero attached hydrogens (tertiary/aromatic N) is 2. The summed E-state index contributed by atoms with van der Waals surface area (Å²) in [7, 11) is 1.89. The van der Waals surface area contributed by atoms with Gasteiger partial charge in [0.1, 0.15) is 17.9 Å². The van der Waals surface area contributed by atoms with Crippen molar-refractivity contribution >= 4 is 5.82 Å². The van der Waals surface area contributed by atoms with Gasteiger partial charge in [0.05, 0.1) is 12.3 Å². The molecule has 0 saturated heterocycles. The Morgan fingerprint density at radius 1 is 1.14 bits per heavy atom. The lowest BCUT2D eigenvalue weighted by Gasteiger charge is -2.16. The SMILES string of the molecule is CCCOc1ccc(-c2ncnc(NC)c2C(C)C)cc1. The molecule has 0 spiro atoms. The summed E-state index contributed by atoms with van der Waals surface area (Å²) in [5, 5.41) is 3.15. The molecule has 0 aliphatic heterocycles. The minimum Gasteiger partial charge on any atom is -0.494 e. The van der Waals surface area contributed by atoms with E-state index in [9.17, 15) is 0 Å². The van der Waals surface area contributed by atoms with Crippen molar-refractivity contribution in [3.05, 3.63) is 36.2 Å². The molecule has 0 aliphatic carbocycles. The van der Waals surface area contributed by atoms with Crippen LogP contribution < -0.4 is 10.1 Å². The number of hydrogen-bond donors (Lipinski definition) is 1. The molecule has 0 atom stereocenters. The molecular weight excluding hydrogens is 262 g/mol. The molecule has 2 aromatic rings. The van der Waals surface area contributed by atoms with E-state index >= 15 is 0 Å². The third-order valence-corrected chi connectivity index (χ3v) is 3.30. The molecule has 1 N–H and O–H groups in total. The highest BCUT2D eigenvalue weighted by Gasteiger charge is 2.15. The molecule has 1 aromatic carbocycles. The lowest BCUT2D eigenvalue weighted by atomic mass is 9.97. The molecule has 1 heterocycles. The summed E-state index contributed by atoms with van der Waals surface area (Å²) >= 11 is 0. The van der Waals surface area contributed by atoms with Gasteiger partial charge in [-0.3, -0.25) is 0 Å². The molecule has 0 radical (unpaired) electrons. The van der Waals surface area contributed by atoms with Crippen molar-refractivity contribution in [2.24, 2.45) is 0 Å². The summed E-state index contributed by atoms with van der Waals surface area (Å²) in [6.07, 6.45) is 2.62. The Balaban J connectivity index is 2.37. The fourth-order valence-electron chi connectivity index (χ4n) is 2.30. The summed E-state index contributed by atoms with van der Waals surface area (Å²) < 4.78 is 5.62. The van der Waals surface area contributed by atoms with E-state index in [1.165, 1.54) is 0 Å². The molecule has 0 unspecified atom stereocenters. The normalized spacial score (nSPS) is 10.7. The highest BCUT2D eigenvalue weighted by molar-refractivity contribution is 5.69. The second kappa shape index (κ2) is 7.07. The van der Waals surface area contributed by atoms with Gasteiger partial charge in [-0.25, -0.2) is 9.97 Å². The van der Waals surface area contributed by atoms with E-state index in [1.54, 1.807) is 6.33 Å². The fraction of sp³-hybridized carbons (Fsp3) is 0.412. The maximum Gasteiger partial charge on any atom is 0.133 e. The van der Waals surface area contributed by atoms with Gasteiger partial charge in [-0.15, -0.1) is 0 Å². The Morgan fingerprint density at radius 2 is 1.86 bits per heavy atom. The van der Waals surface area contributed by atoms with Gasteiger partial charge in [0.25, 0.3) is 0 Å². The van der Waals surface area contributed by atoms with Crippen molar-refractivity contribution in [1.29, 1.82) is 0 Å². The first-order chi connectivity index (χ1) is 10.2. The predicted molar refractivity (Wildman–Crippen MR) is 86.9 cm³/mol. The second-order valence-electron chi connectivity index (χ2n) is 5.26. The van der Waals surface area contributed by atoms with Gasteiger partial charge in [0.2, 0.25) is 0 Å². The van der Waals surface area contributed by atoms with Crippen LogP contribution in [0.15, 0.2) is 30.6 Å². The van der Waals surface area contributed by atoms with E-state index in [2.05, 4.69) is 48.2 Å². The van der Waals surface area contributed by atoms with Gasteiger partial charge in [0, 0.05) is 18.2 Å². The van der Waals surface area contributed by atoms with Crippen molar-refractivity contribution < 1.29 is 4.74 Å². The summed E-state index contributed by atoms with van der Waals surface area (Å²) in [5.41, 5.74) is 3.20. The van der Waals surface area contributed by atoms with Gasteiger partial charge in [-0.05, 0) is 36.6 Å². The molecule has 112 valence electrons. The maximum atomic E-state index is 5.62. The number of ether oxygens (including phenoxy) is 1. The van der Waals surface area contributed by atoms with Crippen LogP contribution in [0.1, 0.15) is 38.7 Å². The number of nitrogens with one attached hydrogen (secondary N) is 1. The molecular formula is C17H23N3O. The molecule has 0 bridgehead atoms. The minimum absolute atomic E-state index is 0.347. The molecule has 21 heavy (non-hydrogen) atoms. The first kappa shape index (κ1) is 15.3. The Labute approximate surface area is 126 Å². The zero-order valence-electron chi connectivity index (χ0n) is 13.2. The van der Waals surface area contributed by atoms with Gasteiger partial charge in [-0.2, -0.15) is 0 Å². The molecule has 1 aromatic heterocycles. The van der Waals surface area contributed by atoms with Crippen LogP contribution in [0.3, 0.4) is 0 Å². The Bertz CT molecular complexity index is 579. The second-order valence-corrected chi connectivity index (χ2v) is 5.26. The Kier molecular flexibility index (Phi) is 5.14. The molecule has 0 aliphatic rings. The summed E-state index contributed by atoms with van der Waals surface area (Å²) in [4.78, 5) is 8.79. The van der Waals surface area contributed by atoms with Crippen LogP contribution >= 0.6 is 0 Å². The monoisotopic (exact) mass is 285 g/mol. The smallest absolute Gasteiger partial charge is 0.133 e. The summed E-state index contributed by atoms with van der Waals surface area (Å²) in [6.45, 7) is 7.15. The van der Waals surface area contributed by atoms with Gasteiger partial charge in [-0.1, -0.05) is 20.8 Å². The van der Waals surface area contributed by atoms with E-state index in [-0.39, 0.29) is 0 Å². The van der Waals surface area contributed by atoms with E-state index < -0.39 is 0 Å². The highest BCUT2D eigenvalue weighted by atomic mass is 16.5. The molecule has 0 amide bonds. The highest BCUT2D eigenvalue weighted by Crippen LogP contribution is 2.32. The number of benzene rings is 1. The van der Waals surface area contributed by atoms with Crippen molar-refractivity contribution in [1.82, 2.24) is 9.97 Å². The van der Waals surface area contributed by atoms with E-state index in [0.29, 0.717) is 5.92 Å². The van der Waals surface area contributed by atoms with Gasteiger partial charge >= 0.3 is 0 Å². The van der Waals surface area contributed by atoms with Crippen molar-refractivity contribution in [2.45, 2.75) is 33.1 Å². The van der Waals surface area contributed by atoms with Crippen LogP contribution in [-0.4, -0.2) is 23.6 Å². The van der Waals surface area contributed by atoms with Crippen LogP contribution in [0.5, 0.6) is 5.75 Å². The average Bonchev–Trinajstić information content (AvgIpc) is 2.52. The predicted octanol–water partition coefficient (Wildman–Crippen LogP) is 4.10. The van der Waals surface area contributed by atoms with E-state index in [4.69, 9.17) is 4.74 Å². The molecule has 2 rings (SSSR count). The van der Waals surface area contributed by atoms with Gasteiger partial charge in [0.15, 0.2) is 0 Å². The molecule has 0 fully saturated rings. The largest absolute Gasteiger partial charge is 0.494 e. The van der Waals surface area contributed by atoms with E-state index in [0.717, 1.165) is 41.4 Å². The fourth-order valence-corrected chi connectivity index (χ4v) is 2.30.